The van der Waals surface area contributed by atoms with Crippen LogP contribution in [0.3, 0.4) is 0 Å². The van der Waals surface area contributed by atoms with Crippen LogP contribution in [0, 0.1) is 0 Å². The first-order valence-electron chi connectivity index (χ1n) is 4.13. The monoisotopic (exact) mass is 198 g/mol. The van der Waals surface area contributed by atoms with Crippen molar-refractivity contribution in [2.24, 2.45) is 0 Å². The Morgan fingerprint density at radius 2 is 2.14 bits per heavy atom. The highest BCUT2D eigenvalue weighted by atomic mass is 16.5. The van der Waals surface area contributed by atoms with E-state index >= 15 is 0 Å². The van der Waals surface area contributed by atoms with E-state index in [1.165, 1.54) is 14.0 Å². The summed E-state index contributed by atoms with van der Waals surface area (Å²) in [6.45, 7) is 4.58. The number of carbonyl (C=O) groups is 2. The van der Waals surface area contributed by atoms with E-state index in [4.69, 9.17) is 0 Å². The molecule has 0 saturated heterocycles. The second-order valence-electron chi connectivity index (χ2n) is 3.00. The Kier molecular flexibility index (Phi) is 4.84. The summed E-state index contributed by atoms with van der Waals surface area (Å²) in [5, 5.41) is 9.51. The third-order valence-electron chi connectivity index (χ3n) is 1.73. The van der Waals surface area contributed by atoms with Crippen molar-refractivity contribution in [3.8, 4) is 0 Å². The maximum Gasteiger partial charge on any atom is 0.305 e. The zero-order chi connectivity index (χ0) is 11.2. The summed E-state index contributed by atoms with van der Waals surface area (Å²) >= 11 is 0. The maximum absolute atomic E-state index is 11.3. The fourth-order valence-corrected chi connectivity index (χ4v) is 0.850. The summed E-state index contributed by atoms with van der Waals surface area (Å²) in [5.74, 6) is -0.934. The summed E-state index contributed by atoms with van der Waals surface area (Å²) in [7, 11) is 1.24. The minimum absolute atomic E-state index is 0.0313. The van der Waals surface area contributed by atoms with Crippen molar-refractivity contribution < 1.29 is 19.4 Å². The first-order valence-corrected chi connectivity index (χ1v) is 4.13. The molecule has 1 atom stereocenters. The minimum atomic E-state index is -1.60. The molecular formula is C10H14O4. The summed E-state index contributed by atoms with van der Waals surface area (Å²) in [4.78, 5) is 22.0. The number of carbonyl (C=O) groups excluding carboxylic acids is 2. The van der Waals surface area contributed by atoms with Crippen molar-refractivity contribution in [1.82, 2.24) is 0 Å². The minimum Gasteiger partial charge on any atom is -0.469 e. The van der Waals surface area contributed by atoms with Gasteiger partial charge in [-0.2, -0.15) is 0 Å². The van der Waals surface area contributed by atoms with Crippen LogP contribution in [-0.2, 0) is 14.3 Å². The van der Waals surface area contributed by atoms with E-state index < -0.39 is 17.4 Å². The Labute approximate surface area is 82.9 Å². The van der Waals surface area contributed by atoms with Gasteiger partial charge in [-0.25, -0.2) is 0 Å². The predicted molar refractivity (Wildman–Crippen MR) is 50.6 cm³/mol. The molecule has 0 aliphatic heterocycles. The van der Waals surface area contributed by atoms with Crippen molar-refractivity contribution >= 4 is 11.8 Å². The number of methoxy groups -OCH3 is 1. The topological polar surface area (TPSA) is 63.6 Å². The molecule has 0 spiro atoms. The molecule has 0 aromatic rings. The molecule has 0 aromatic carbocycles. The predicted octanol–water partition coefficient (Wildman–Crippen LogP) is 0.601. The molecule has 0 aromatic heterocycles. The molecule has 0 fully saturated rings. The van der Waals surface area contributed by atoms with Gasteiger partial charge in [-0.15, -0.1) is 5.73 Å². The number of Topliss-reactive ketones (excluding diaryl/α,β-unsaturated/α-hetero) is 1. The van der Waals surface area contributed by atoms with Crippen molar-refractivity contribution in [2.45, 2.75) is 25.4 Å². The first kappa shape index (κ1) is 12.6. The number of ketones is 1. The maximum atomic E-state index is 11.3. The smallest absolute Gasteiger partial charge is 0.305 e. The number of esters is 1. The molecule has 4 heteroatoms. The molecule has 0 bridgehead atoms. The van der Waals surface area contributed by atoms with Gasteiger partial charge in [-0.3, -0.25) is 9.59 Å². The zero-order valence-electron chi connectivity index (χ0n) is 8.37. The van der Waals surface area contributed by atoms with Crippen LogP contribution in [0.2, 0.25) is 0 Å². The Morgan fingerprint density at radius 1 is 1.57 bits per heavy atom. The Balaban J connectivity index is 4.21. The molecule has 1 unspecified atom stereocenters. The highest BCUT2D eigenvalue weighted by Gasteiger charge is 2.26. The lowest BCUT2D eigenvalue weighted by molar-refractivity contribution is -0.143. The number of hydrogen-bond acceptors (Lipinski definition) is 4. The summed E-state index contributed by atoms with van der Waals surface area (Å²) in [5.41, 5.74) is 0.727. The largest absolute Gasteiger partial charge is 0.469 e. The van der Waals surface area contributed by atoms with E-state index in [0.717, 1.165) is 6.08 Å². The SMILES string of the molecule is C=C=CC(C)(O)C(=O)CCC(=O)OC. The fraction of sp³-hybridized carbons (Fsp3) is 0.500. The second kappa shape index (κ2) is 5.37. The van der Waals surface area contributed by atoms with Crippen LogP contribution in [-0.4, -0.2) is 29.6 Å². The van der Waals surface area contributed by atoms with Gasteiger partial charge in [-0.05, 0) is 13.0 Å². The molecule has 78 valence electrons. The van der Waals surface area contributed by atoms with Crippen LogP contribution in [0.25, 0.3) is 0 Å². The van der Waals surface area contributed by atoms with Crippen LogP contribution in [0.4, 0.5) is 0 Å². The molecule has 0 saturated carbocycles. The quantitative estimate of drug-likeness (QED) is 0.519. The lowest BCUT2D eigenvalue weighted by Gasteiger charge is -2.15. The number of ether oxygens (including phenoxy) is 1. The zero-order valence-corrected chi connectivity index (χ0v) is 8.37. The van der Waals surface area contributed by atoms with E-state index in [2.05, 4.69) is 17.0 Å². The lowest BCUT2D eigenvalue weighted by Crippen LogP contribution is -2.32. The standard InChI is InChI=1S/C10H14O4/c1-4-7-10(2,13)8(11)5-6-9(12)14-3/h7,13H,1,5-6H2,2-3H3. The van der Waals surface area contributed by atoms with Crippen molar-refractivity contribution in [1.29, 1.82) is 0 Å². The Hall–Kier alpha value is -1.38. The van der Waals surface area contributed by atoms with Gasteiger partial charge in [0, 0.05) is 6.42 Å². The Bertz CT molecular complexity index is 272. The molecule has 0 aliphatic carbocycles. The molecule has 14 heavy (non-hydrogen) atoms. The van der Waals surface area contributed by atoms with Gasteiger partial charge < -0.3 is 9.84 Å². The fourth-order valence-electron chi connectivity index (χ4n) is 0.850. The number of rotatable bonds is 5. The highest BCUT2D eigenvalue weighted by molar-refractivity contribution is 5.90. The van der Waals surface area contributed by atoms with Crippen LogP contribution < -0.4 is 0 Å². The van der Waals surface area contributed by atoms with Crippen LogP contribution in [0.1, 0.15) is 19.8 Å². The second-order valence-corrected chi connectivity index (χ2v) is 3.00. The van der Waals surface area contributed by atoms with E-state index in [0.29, 0.717) is 0 Å². The molecule has 0 heterocycles. The van der Waals surface area contributed by atoms with E-state index in [1.807, 2.05) is 0 Å². The normalized spacial score (nSPS) is 13.6. The average molecular weight is 198 g/mol. The number of hydrogen-bond donors (Lipinski definition) is 1. The molecule has 0 radical (unpaired) electrons. The van der Waals surface area contributed by atoms with E-state index in [-0.39, 0.29) is 12.8 Å². The molecule has 4 nitrogen and oxygen atoms in total. The summed E-state index contributed by atoms with van der Waals surface area (Å²) in [6, 6.07) is 0. The average Bonchev–Trinajstić information content (AvgIpc) is 2.13. The van der Waals surface area contributed by atoms with Gasteiger partial charge in [-0.1, -0.05) is 6.58 Å². The van der Waals surface area contributed by atoms with Gasteiger partial charge >= 0.3 is 5.97 Å². The molecule has 0 amide bonds. The summed E-state index contributed by atoms with van der Waals surface area (Å²) in [6.07, 6.45) is 1.07. The van der Waals surface area contributed by atoms with Gasteiger partial charge in [0.05, 0.1) is 13.5 Å². The van der Waals surface area contributed by atoms with Crippen molar-refractivity contribution in [2.75, 3.05) is 7.11 Å². The summed E-state index contributed by atoms with van der Waals surface area (Å²) < 4.78 is 4.36. The third kappa shape index (κ3) is 4.03. The third-order valence-corrected chi connectivity index (χ3v) is 1.73. The Morgan fingerprint density at radius 3 is 2.57 bits per heavy atom. The van der Waals surface area contributed by atoms with Gasteiger partial charge in [0.2, 0.25) is 0 Å². The molecular weight excluding hydrogens is 184 g/mol. The van der Waals surface area contributed by atoms with Gasteiger partial charge in [0.15, 0.2) is 5.78 Å². The van der Waals surface area contributed by atoms with E-state index in [1.54, 1.807) is 0 Å². The van der Waals surface area contributed by atoms with Gasteiger partial charge in [0.25, 0.3) is 0 Å². The highest BCUT2D eigenvalue weighted by Crippen LogP contribution is 2.10. The molecule has 0 rings (SSSR count). The van der Waals surface area contributed by atoms with Crippen molar-refractivity contribution in [3.05, 3.63) is 18.4 Å². The van der Waals surface area contributed by atoms with Crippen LogP contribution in [0.5, 0.6) is 0 Å². The van der Waals surface area contributed by atoms with Gasteiger partial charge in [0.1, 0.15) is 5.60 Å². The molecule has 1 N–H and O–H groups in total. The first-order chi connectivity index (χ1) is 6.44. The van der Waals surface area contributed by atoms with E-state index in [9.17, 15) is 14.7 Å². The van der Waals surface area contributed by atoms with Crippen LogP contribution in [0.15, 0.2) is 18.4 Å². The lowest BCUT2D eigenvalue weighted by atomic mass is 9.97. The number of aliphatic hydroxyl groups is 1. The van der Waals surface area contributed by atoms with Crippen LogP contribution >= 0.6 is 0 Å². The molecule has 0 aliphatic rings. The van der Waals surface area contributed by atoms with Crippen molar-refractivity contribution in [3.63, 3.8) is 0 Å².